The average molecular weight is 423 g/mol. The summed E-state index contributed by atoms with van der Waals surface area (Å²) in [6.07, 6.45) is -0.118. The zero-order chi connectivity index (χ0) is 22.1. The van der Waals surface area contributed by atoms with Crippen LogP contribution >= 0.6 is 0 Å². The molecule has 0 saturated heterocycles. The lowest BCUT2D eigenvalue weighted by atomic mass is 9.97. The molecule has 4 rings (SSSR count). The van der Waals surface area contributed by atoms with Gasteiger partial charge in [-0.1, -0.05) is 18.2 Å². The van der Waals surface area contributed by atoms with Crippen molar-refractivity contribution in [3.8, 4) is 11.5 Å². The number of methoxy groups -OCH3 is 2. The molecule has 0 unspecified atom stereocenters. The number of fused-ring (bicyclic) bond motifs is 2. The number of hydrogen-bond acceptors (Lipinski definition) is 7. The van der Waals surface area contributed by atoms with Gasteiger partial charge in [-0.15, -0.1) is 0 Å². The van der Waals surface area contributed by atoms with Crippen LogP contribution in [0.25, 0.3) is 11.0 Å². The molecule has 0 spiro atoms. The zero-order valence-corrected chi connectivity index (χ0v) is 18.1. The molecule has 2 aromatic carbocycles. The van der Waals surface area contributed by atoms with Crippen LogP contribution in [0.1, 0.15) is 27.8 Å². The molecule has 0 fully saturated rings. The minimum atomic E-state index is -0.521. The van der Waals surface area contributed by atoms with Crippen molar-refractivity contribution < 1.29 is 23.4 Å². The van der Waals surface area contributed by atoms with Crippen LogP contribution in [-0.4, -0.2) is 31.8 Å². The van der Waals surface area contributed by atoms with Crippen molar-refractivity contribution in [3.63, 3.8) is 0 Å². The summed E-state index contributed by atoms with van der Waals surface area (Å²) < 4.78 is 21.8. The molecule has 1 aliphatic rings. The number of benzene rings is 2. The van der Waals surface area contributed by atoms with Gasteiger partial charge in [0.05, 0.1) is 26.2 Å². The van der Waals surface area contributed by atoms with Gasteiger partial charge in [-0.25, -0.2) is 4.79 Å². The highest BCUT2D eigenvalue weighted by atomic mass is 16.5. The molecule has 0 aliphatic carbocycles. The minimum absolute atomic E-state index is 0.118. The first-order valence-electron chi connectivity index (χ1n) is 10.1. The second-order valence-electron chi connectivity index (χ2n) is 7.68. The molecule has 0 saturated carbocycles. The Morgan fingerprint density at radius 1 is 1.16 bits per heavy atom. The summed E-state index contributed by atoms with van der Waals surface area (Å²) in [5.41, 5.74) is 3.89. The Morgan fingerprint density at radius 2 is 1.94 bits per heavy atom. The van der Waals surface area contributed by atoms with Crippen LogP contribution in [0.3, 0.4) is 0 Å². The number of hydrogen-bond donors (Lipinski definition) is 0. The molecule has 7 nitrogen and oxygen atoms in total. The molecule has 0 N–H and O–H groups in total. The van der Waals surface area contributed by atoms with Gasteiger partial charge in [0, 0.05) is 35.2 Å². The standard InChI is InChI=1S/C24H25NO6/c1-14-18-9-17-12-25(11-16-7-5-6-8-20(16)28-3)13-30-22(17)15(2)23(18)31-24(27)19(14)10-21(26)29-4/h5-9H,10-13H2,1-4H3. The van der Waals surface area contributed by atoms with E-state index in [9.17, 15) is 9.59 Å². The van der Waals surface area contributed by atoms with Gasteiger partial charge >= 0.3 is 11.6 Å². The summed E-state index contributed by atoms with van der Waals surface area (Å²) in [4.78, 5) is 26.4. The number of aryl methyl sites for hydroxylation is 2. The third-order valence-corrected chi connectivity index (χ3v) is 5.75. The first kappa shape index (κ1) is 20.9. The van der Waals surface area contributed by atoms with Crippen LogP contribution in [0.15, 0.2) is 39.5 Å². The predicted molar refractivity (Wildman–Crippen MR) is 115 cm³/mol. The lowest BCUT2D eigenvalue weighted by molar-refractivity contribution is -0.139. The molecular formula is C24H25NO6. The maximum Gasteiger partial charge on any atom is 0.340 e. The highest BCUT2D eigenvalue weighted by Crippen LogP contribution is 2.37. The fourth-order valence-corrected chi connectivity index (χ4v) is 4.09. The molecule has 0 bridgehead atoms. The first-order valence-corrected chi connectivity index (χ1v) is 10.1. The Labute approximate surface area is 180 Å². The van der Waals surface area contributed by atoms with Gasteiger partial charge in [-0.3, -0.25) is 9.69 Å². The van der Waals surface area contributed by atoms with Crippen molar-refractivity contribution in [2.24, 2.45) is 0 Å². The Bertz CT molecular complexity index is 1210. The zero-order valence-electron chi connectivity index (χ0n) is 18.1. The maximum atomic E-state index is 12.5. The van der Waals surface area contributed by atoms with Gasteiger partial charge in [-0.05, 0) is 31.5 Å². The normalized spacial score (nSPS) is 13.5. The topological polar surface area (TPSA) is 78.2 Å². The van der Waals surface area contributed by atoms with Crippen molar-refractivity contribution in [1.82, 2.24) is 4.90 Å². The van der Waals surface area contributed by atoms with Crippen LogP contribution in [-0.2, 0) is 29.0 Å². The van der Waals surface area contributed by atoms with E-state index in [-0.39, 0.29) is 6.42 Å². The van der Waals surface area contributed by atoms with E-state index in [2.05, 4.69) is 4.90 Å². The van der Waals surface area contributed by atoms with Crippen LogP contribution < -0.4 is 15.1 Å². The van der Waals surface area contributed by atoms with Crippen molar-refractivity contribution >= 4 is 16.9 Å². The minimum Gasteiger partial charge on any atom is -0.496 e. The number of rotatable bonds is 5. The molecule has 1 aliphatic heterocycles. The molecule has 1 aromatic heterocycles. The molecule has 31 heavy (non-hydrogen) atoms. The van der Waals surface area contributed by atoms with Crippen LogP contribution in [0.5, 0.6) is 11.5 Å². The van der Waals surface area contributed by atoms with E-state index >= 15 is 0 Å². The highest BCUT2D eigenvalue weighted by Gasteiger charge is 2.25. The largest absolute Gasteiger partial charge is 0.496 e. The molecule has 162 valence electrons. The Kier molecular flexibility index (Phi) is 5.69. The van der Waals surface area contributed by atoms with Gasteiger partial charge in [0.2, 0.25) is 0 Å². The second-order valence-corrected chi connectivity index (χ2v) is 7.68. The quantitative estimate of drug-likeness (QED) is 0.459. The lowest BCUT2D eigenvalue weighted by Crippen LogP contribution is -2.32. The fourth-order valence-electron chi connectivity index (χ4n) is 4.09. The van der Waals surface area contributed by atoms with Crippen molar-refractivity contribution in [1.29, 1.82) is 0 Å². The van der Waals surface area contributed by atoms with Crippen molar-refractivity contribution in [2.75, 3.05) is 21.0 Å². The van der Waals surface area contributed by atoms with E-state index in [1.807, 2.05) is 44.2 Å². The van der Waals surface area contributed by atoms with Crippen LogP contribution in [0.4, 0.5) is 0 Å². The summed E-state index contributed by atoms with van der Waals surface area (Å²) in [5.74, 6) is 1.11. The smallest absolute Gasteiger partial charge is 0.340 e. The Balaban J connectivity index is 1.72. The molecule has 0 radical (unpaired) electrons. The van der Waals surface area contributed by atoms with E-state index in [4.69, 9.17) is 18.6 Å². The molecule has 0 amide bonds. The summed E-state index contributed by atoms with van der Waals surface area (Å²) in [5, 5.41) is 0.803. The summed E-state index contributed by atoms with van der Waals surface area (Å²) in [7, 11) is 2.97. The Morgan fingerprint density at radius 3 is 2.68 bits per heavy atom. The number of ether oxygens (including phenoxy) is 3. The second kappa shape index (κ2) is 8.43. The third kappa shape index (κ3) is 3.88. The first-order chi connectivity index (χ1) is 14.9. The van der Waals surface area contributed by atoms with Gasteiger partial charge in [0.1, 0.15) is 23.8 Å². The molecule has 0 atom stereocenters. The summed E-state index contributed by atoms with van der Waals surface area (Å²) in [6, 6.07) is 9.91. The molecule has 2 heterocycles. The van der Waals surface area contributed by atoms with E-state index in [0.29, 0.717) is 31.0 Å². The average Bonchev–Trinajstić information content (AvgIpc) is 2.77. The van der Waals surface area contributed by atoms with Gasteiger partial charge in [0.25, 0.3) is 0 Å². The number of carbonyl (C=O) groups is 1. The maximum absolute atomic E-state index is 12.5. The number of para-hydroxylation sites is 1. The monoisotopic (exact) mass is 423 g/mol. The fraction of sp³-hybridized carbons (Fsp3) is 0.333. The lowest BCUT2D eigenvalue weighted by Gasteiger charge is -2.30. The van der Waals surface area contributed by atoms with Crippen LogP contribution in [0.2, 0.25) is 0 Å². The van der Waals surface area contributed by atoms with Crippen molar-refractivity contribution in [3.05, 3.63) is 68.6 Å². The van der Waals surface area contributed by atoms with Gasteiger partial charge in [0.15, 0.2) is 0 Å². The molecule has 3 aromatic rings. The summed E-state index contributed by atoms with van der Waals surface area (Å²) >= 11 is 0. The Hall–Kier alpha value is -3.32. The third-order valence-electron chi connectivity index (χ3n) is 5.75. The van der Waals surface area contributed by atoms with E-state index in [1.165, 1.54) is 7.11 Å². The summed E-state index contributed by atoms with van der Waals surface area (Å²) in [6.45, 7) is 5.49. The number of nitrogens with zero attached hydrogens (tertiary/aromatic N) is 1. The van der Waals surface area contributed by atoms with E-state index in [1.54, 1.807) is 7.11 Å². The van der Waals surface area contributed by atoms with Crippen molar-refractivity contribution in [2.45, 2.75) is 33.4 Å². The van der Waals surface area contributed by atoms with Gasteiger partial charge in [-0.2, -0.15) is 0 Å². The van der Waals surface area contributed by atoms with Gasteiger partial charge < -0.3 is 18.6 Å². The van der Waals surface area contributed by atoms with Crippen LogP contribution in [0, 0.1) is 13.8 Å². The predicted octanol–water partition coefficient (Wildman–Crippen LogP) is 3.49. The van der Waals surface area contributed by atoms with E-state index < -0.39 is 11.6 Å². The molecular weight excluding hydrogens is 398 g/mol. The number of carbonyl (C=O) groups excluding carboxylic acids is 1. The van der Waals surface area contributed by atoms with E-state index in [0.717, 1.165) is 39.1 Å². The highest BCUT2D eigenvalue weighted by molar-refractivity contribution is 5.88. The number of esters is 1. The SMILES string of the molecule is COC(=O)Cc1c(C)c2cc3c(c(C)c2oc1=O)OCN(Cc1ccccc1OC)C3. The molecule has 7 heteroatoms.